The smallest absolute Gasteiger partial charge is 0.224 e. The summed E-state index contributed by atoms with van der Waals surface area (Å²) in [6, 6.07) is 7.13. The minimum absolute atomic E-state index is 0.251. The molecule has 1 amide bonds. The summed E-state index contributed by atoms with van der Waals surface area (Å²) >= 11 is 5.78. The van der Waals surface area contributed by atoms with Gasteiger partial charge in [-0.05, 0) is 30.5 Å². The van der Waals surface area contributed by atoms with Gasteiger partial charge < -0.3 is 15.2 Å². The molecule has 106 valence electrons. The average molecular weight is 293 g/mol. The molecule has 4 nitrogen and oxygen atoms in total. The highest BCUT2D eigenvalue weighted by atomic mass is 35.5. The molecule has 1 aliphatic carbocycles. The lowest BCUT2D eigenvalue weighted by molar-refractivity contribution is -0.313. The molecule has 2 rings (SSSR count). The van der Waals surface area contributed by atoms with Gasteiger partial charge in [-0.3, -0.25) is 4.79 Å². The molecule has 0 saturated heterocycles. The number of halogens is 1. The molecule has 1 aliphatic rings. The summed E-state index contributed by atoms with van der Waals surface area (Å²) in [6.07, 6.45) is 4.40. The lowest BCUT2D eigenvalue weighted by atomic mass is 9.82. The second-order valence-corrected chi connectivity index (χ2v) is 5.26. The van der Waals surface area contributed by atoms with Crippen molar-refractivity contribution >= 4 is 23.5 Å². The minimum Gasteiger partial charge on any atom is -0.550 e. The van der Waals surface area contributed by atoms with E-state index in [-0.39, 0.29) is 5.91 Å². The Bertz CT molecular complexity index is 524. The van der Waals surface area contributed by atoms with Crippen LogP contribution < -0.4 is 10.4 Å². The van der Waals surface area contributed by atoms with Gasteiger partial charge in [-0.1, -0.05) is 35.9 Å². The topological polar surface area (TPSA) is 69.2 Å². The molecule has 0 heterocycles. The van der Waals surface area contributed by atoms with E-state index in [1.54, 1.807) is 18.2 Å². The summed E-state index contributed by atoms with van der Waals surface area (Å²) in [5.41, 5.74) is 0.916. The Labute approximate surface area is 122 Å². The number of nitrogens with one attached hydrogen (secondary N) is 1. The summed E-state index contributed by atoms with van der Waals surface area (Å²) in [7, 11) is 0. The summed E-state index contributed by atoms with van der Waals surface area (Å²) in [6.45, 7) is 0.357. The van der Waals surface area contributed by atoms with Crippen molar-refractivity contribution in [3.05, 3.63) is 47.0 Å². The van der Waals surface area contributed by atoms with Crippen LogP contribution in [0.1, 0.15) is 18.4 Å². The van der Waals surface area contributed by atoms with E-state index in [9.17, 15) is 14.7 Å². The third-order valence-electron chi connectivity index (χ3n) is 3.45. The minimum atomic E-state index is -1.17. The van der Waals surface area contributed by atoms with Crippen LogP contribution in [0.5, 0.6) is 0 Å². The van der Waals surface area contributed by atoms with Gasteiger partial charge in [0, 0.05) is 29.4 Å². The third-order valence-corrected chi connectivity index (χ3v) is 3.70. The van der Waals surface area contributed by atoms with Crippen molar-refractivity contribution in [2.45, 2.75) is 19.4 Å². The summed E-state index contributed by atoms with van der Waals surface area (Å²) in [5, 5.41) is 14.4. The Morgan fingerprint density at radius 1 is 1.15 bits per heavy atom. The van der Waals surface area contributed by atoms with E-state index in [1.165, 1.54) is 0 Å². The Morgan fingerprint density at radius 2 is 1.75 bits per heavy atom. The number of hydrogen-bond acceptors (Lipinski definition) is 3. The quantitative estimate of drug-likeness (QED) is 0.850. The van der Waals surface area contributed by atoms with Crippen LogP contribution in [0, 0.1) is 11.8 Å². The molecule has 1 aromatic rings. The molecule has 0 aliphatic heterocycles. The predicted molar refractivity (Wildman–Crippen MR) is 73.7 cm³/mol. The lowest BCUT2D eigenvalue weighted by Crippen LogP contribution is -2.43. The Kier molecular flexibility index (Phi) is 4.79. The van der Waals surface area contributed by atoms with Crippen molar-refractivity contribution in [2.24, 2.45) is 11.8 Å². The highest BCUT2D eigenvalue weighted by molar-refractivity contribution is 6.30. The van der Waals surface area contributed by atoms with Gasteiger partial charge in [0.2, 0.25) is 5.91 Å². The number of carbonyl (C=O) groups excluding carboxylic acids is 2. The van der Waals surface area contributed by atoms with Crippen LogP contribution in [0.25, 0.3) is 0 Å². The van der Waals surface area contributed by atoms with Gasteiger partial charge >= 0.3 is 0 Å². The second-order valence-electron chi connectivity index (χ2n) is 4.82. The number of carbonyl (C=O) groups is 2. The van der Waals surface area contributed by atoms with Crippen LogP contribution in [-0.2, 0) is 16.1 Å². The maximum atomic E-state index is 12.1. The fraction of sp³-hybridized carbons (Fsp3) is 0.333. The zero-order valence-corrected chi connectivity index (χ0v) is 11.6. The lowest BCUT2D eigenvalue weighted by Gasteiger charge is -2.28. The number of rotatable bonds is 4. The second kappa shape index (κ2) is 6.57. The molecule has 2 atom stereocenters. The first kappa shape index (κ1) is 14.6. The first-order valence-corrected chi connectivity index (χ1v) is 6.83. The molecule has 1 N–H and O–H groups in total. The van der Waals surface area contributed by atoms with E-state index >= 15 is 0 Å². The van der Waals surface area contributed by atoms with Crippen molar-refractivity contribution < 1.29 is 14.7 Å². The molecule has 0 unspecified atom stereocenters. The number of hydrogen-bond donors (Lipinski definition) is 1. The van der Waals surface area contributed by atoms with E-state index in [1.807, 2.05) is 18.2 Å². The molecule has 5 heteroatoms. The van der Waals surface area contributed by atoms with Gasteiger partial charge in [-0.2, -0.15) is 0 Å². The van der Waals surface area contributed by atoms with Crippen molar-refractivity contribution in [2.75, 3.05) is 0 Å². The monoisotopic (exact) mass is 292 g/mol. The Hall–Kier alpha value is -1.81. The van der Waals surface area contributed by atoms with Crippen LogP contribution in [0.15, 0.2) is 36.4 Å². The third kappa shape index (κ3) is 3.61. The van der Waals surface area contributed by atoms with Gasteiger partial charge in [-0.15, -0.1) is 0 Å². The molecular formula is C15H15ClNO3-. The van der Waals surface area contributed by atoms with Gasteiger partial charge in [-0.25, -0.2) is 0 Å². The highest BCUT2D eigenvalue weighted by Crippen LogP contribution is 2.25. The fourth-order valence-corrected chi connectivity index (χ4v) is 2.41. The fourth-order valence-electron chi connectivity index (χ4n) is 2.29. The molecule has 0 bridgehead atoms. The van der Waals surface area contributed by atoms with E-state index in [4.69, 9.17) is 11.6 Å². The molecule has 1 aromatic carbocycles. The molecule has 0 spiro atoms. The van der Waals surface area contributed by atoms with Gasteiger partial charge in [0.05, 0.1) is 0 Å². The number of carboxylic acids is 1. The zero-order valence-electron chi connectivity index (χ0n) is 10.8. The van der Waals surface area contributed by atoms with Crippen molar-refractivity contribution in [3.8, 4) is 0 Å². The summed E-state index contributed by atoms with van der Waals surface area (Å²) < 4.78 is 0. The summed E-state index contributed by atoms with van der Waals surface area (Å²) in [5.74, 6) is -2.72. The van der Waals surface area contributed by atoms with Crippen molar-refractivity contribution in [3.63, 3.8) is 0 Å². The van der Waals surface area contributed by atoms with Crippen LogP contribution in [0.3, 0.4) is 0 Å². The molecule has 0 saturated carbocycles. The maximum absolute atomic E-state index is 12.1. The van der Waals surface area contributed by atoms with Crippen molar-refractivity contribution in [1.29, 1.82) is 0 Å². The van der Waals surface area contributed by atoms with E-state index in [0.29, 0.717) is 24.4 Å². The molecule has 20 heavy (non-hydrogen) atoms. The van der Waals surface area contributed by atoms with Crippen LogP contribution in [0.2, 0.25) is 5.02 Å². The average Bonchev–Trinajstić information content (AvgIpc) is 2.46. The Balaban J connectivity index is 1.95. The number of allylic oxidation sites excluding steroid dienone is 2. The zero-order chi connectivity index (χ0) is 14.5. The molecule has 0 aromatic heterocycles. The SMILES string of the molecule is O=C(NCc1ccc(Cl)cc1)[C@H]1CC=CC[C@H]1C(=O)[O-]. The number of amides is 1. The molecule has 0 radical (unpaired) electrons. The maximum Gasteiger partial charge on any atom is 0.224 e. The van der Waals surface area contributed by atoms with E-state index < -0.39 is 17.8 Å². The van der Waals surface area contributed by atoms with E-state index in [2.05, 4.69) is 5.32 Å². The van der Waals surface area contributed by atoms with Gasteiger partial charge in [0.25, 0.3) is 0 Å². The first-order chi connectivity index (χ1) is 9.58. The first-order valence-electron chi connectivity index (χ1n) is 6.46. The number of aliphatic carboxylic acids is 1. The highest BCUT2D eigenvalue weighted by Gasteiger charge is 2.29. The van der Waals surface area contributed by atoms with Gasteiger partial charge in [0.1, 0.15) is 0 Å². The van der Waals surface area contributed by atoms with Gasteiger partial charge in [0.15, 0.2) is 0 Å². The largest absolute Gasteiger partial charge is 0.550 e. The standard InChI is InChI=1S/C15H16ClNO3/c16-11-7-5-10(6-8-11)9-17-14(18)12-3-1-2-4-13(12)15(19)20/h1-2,5-8,12-13H,3-4,9H2,(H,17,18)(H,19,20)/p-1/t12-,13+/m0/s1. The normalized spacial score (nSPS) is 21.4. The van der Waals surface area contributed by atoms with E-state index in [0.717, 1.165) is 5.56 Å². The number of benzene rings is 1. The van der Waals surface area contributed by atoms with Crippen molar-refractivity contribution in [1.82, 2.24) is 5.32 Å². The molecular weight excluding hydrogens is 278 g/mol. The van der Waals surface area contributed by atoms with Crippen LogP contribution in [-0.4, -0.2) is 11.9 Å². The van der Waals surface area contributed by atoms with Crippen LogP contribution in [0.4, 0.5) is 0 Å². The Morgan fingerprint density at radius 3 is 2.35 bits per heavy atom. The predicted octanol–water partition coefficient (Wildman–Crippen LogP) is 1.29. The number of carboxylic acid groups (broad SMARTS) is 1. The summed E-state index contributed by atoms with van der Waals surface area (Å²) in [4.78, 5) is 23.1. The van der Waals surface area contributed by atoms with Crippen LogP contribution >= 0.6 is 11.6 Å². The molecule has 0 fully saturated rings.